The van der Waals surface area contributed by atoms with E-state index in [-0.39, 0.29) is 12.2 Å². The molecule has 0 fully saturated rings. The summed E-state index contributed by atoms with van der Waals surface area (Å²) in [6, 6.07) is 11.3. The predicted molar refractivity (Wildman–Crippen MR) is 133 cm³/mol. The standard InChI is InChI=1S/C24H21BrF2N4O3S/c1-2-9-35(33,34)31-18-8-7-17(26)22(23(18)27)20(32)11-15-10-19-24(28-13-15)30-21(29-19)12-14-3-5-16(25)6-4-14/h3-8,10,13,31H,2,9,11-12H2,1H3,(H,28,29,30). The minimum absolute atomic E-state index is 0.229. The Kier molecular flexibility index (Phi) is 7.27. The van der Waals surface area contributed by atoms with Crippen LogP contribution < -0.4 is 4.72 Å². The number of carbonyl (C=O) groups is 1. The Hall–Kier alpha value is -3.18. The van der Waals surface area contributed by atoms with Crippen molar-refractivity contribution in [2.24, 2.45) is 0 Å². The molecule has 35 heavy (non-hydrogen) atoms. The molecular weight excluding hydrogens is 542 g/mol. The maximum atomic E-state index is 14.9. The Morgan fingerprint density at radius 1 is 1.11 bits per heavy atom. The molecule has 0 saturated carbocycles. The van der Waals surface area contributed by atoms with Crippen LogP contribution in [0.5, 0.6) is 0 Å². The van der Waals surface area contributed by atoms with E-state index in [1.54, 1.807) is 13.0 Å². The van der Waals surface area contributed by atoms with Gasteiger partial charge in [-0.3, -0.25) is 9.52 Å². The molecule has 0 unspecified atom stereocenters. The smallest absolute Gasteiger partial charge is 0.232 e. The molecule has 0 aliphatic carbocycles. The Morgan fingerprint density at radius 2 is 1.86 bits per heavy atom. The number of aromatic amines is 1. The predicted octanol–water partition coefficient (Wildman–Crippen LogP) is 5.17. The van der Waals surface area contributed by atoms with Crippen molar-refractivity contribution in [2.75, 3.05) is 10.5 Å². The SMILES string of the molecule is CCCS(=O)(=O)Nc1ccc(F)c(C(=O)Cc2cnc3nc(Cc4ccc(Br)cc4)[nH]c3c2)c1F. The van der Waals surface area contributed by atoms with Gasteiger partial charge in [0, 0.05) is 23.5 Å². The third-order valence-corrected chi connectivity index (χ3v) is 7.21. The number of hydrogen-bond donors (Lipinski definition) is 2. The quantitative estimate of drug-likeness (QED) is 0.274. The van der Waals surface area contributed by atoms with Gasteiger partial charge in [0.2, 0.25) is 10.0 Å². The number of H-pyrrole nitrogens is 1. The molecule has 0 aliphatic rings. The van der Waals surface area contributed by atoms with E-state index in [0.717, 1.165) is 22.2 Å². The summed E-state index contributed by atoms with van der Waals surface area (Å²) in [6.45, 7) is 1.66. The molecule has 182 valence electrons. The molecule has 0 aliphatic heterocycles. The number of hydrogen-bond acceptors (Lipinski definition) is 5. The number of pyridine rings is 1. The molecule has 2 aromatic heterocycles. The van der Waals surface area contributed by atoms with Crippen molar-refractivity contribution >= 4 is 48.6 Å². The second-order valence-corrected chi connectivity index (χ2v) is 10.8. The number of carbonyl (C=O) groups excluding carboxylic acids is 1. The number of nitrogens with zero attached hydrogens (tertiary/aromatic N) is 2. The highest BCUT2D eigenvalue weighted by atomic mass is 79.9. The van der Waals surface area contributed by atoms with Crippen LogP contribution in [0.15, 0.2) is 53.1 Å². The molecule has 0 amide bonds. The fourth-order valence-corrected chi connectivity index (χ4v) is 5.01. The number of fused-ring (bicyclic) bond motifs is 1. The normalized spacial score (nSPS) is 11.7. The van der Waals surface area contributed by atoms with Gasteiger partial charge in [-0.15, -0.1) is 0 Å². The maximum absolute atomic E-state index is 14.9. The zero-order valence-corrected chi connectivity index (χ0v) is 21.0. The molecule has 0 bridgehead atoms. The largest absolute Gasteiger partial charge is 0.340 e. The van der Waals surface area contributed by atoms with Crippen molar-refractivity contribution in [1.82, 2.24) is 15.0 Å². The number of nitrogens with one attached hydrogen (secondary N) is 2. The summed E-state index contributed by atoms with van der Waals surface area (Å²) in [5, 5.41) is 0. The first-order chi connectivity index (χ1) is 16.6. The van der Waals surface area contributed by atoms with Crippen LogP contribution in [0.25, 0.3) is 11.2 Å². The third kappa shape index (κ3) is 5.91. The highest BCUT2D eigenvalue weighted by molar-refractivity contribution is 9.10. The average Bonchev–Trinajstić information content (AvgIpc) is 3.19. The summed E-state index contributed by atoms with van der Waals surface area (Å²) < 4.78 is 56.3. The second kappa shape index (κ2) is 10.2. The van der Waals surface area contributed by atoms with Gasteiger partial charge < -0.3 is 4.98 Å². The van der Waals surface area contributed by atoms with Crippen LogP contribution in [0.1, 0.15) is 40.7 Å². The first kappa shape index (κ1) is 24.9. The van der Waals surface area contributed by atoms with Crippen LogP contribution in [-0.4, -0.2) is 34.9 Å². The summed E-state index contributed by atoms with van der Waals surface area (Å²) >= 11 is 3.40. The van der Waals surface area contributed by atoms with Crippen LogP contribution in [-0.2, 0) is 22.9 Å². The monoisotopic (exact) mass is 562 g/mol. The number of sulfonamides is 1. The second-order valence-electron chi connectivity index (χ2n) is 8.01. The molecule has 0 saturated heterocycles. The van der Waals surface area contributed by atoms with E-state index in [0.29, 0.717) is 35.4 Å². The zero-order valence-electron chi connectivity index (χ0n) is 18.6. The molecule has 7 nitrogen and oxygen atoms in total. The van der Waals surface area contributed by atoms with Crippen molar-refractivity contribution in [3.05, 3.63) is 87.3 Å². The van der Waals surface area contributed by atoms with Gasteiger partial charge in [0.15, 0.2) is 17.2 Å². The first-order valence-electron chi connectivity index (χ1n) is 10.7. The molecule has 2 N–H and O–H groups in total. The Morgan fingerprint density at radius 3 is 2.57 bits per heavy atom. The lowest BCUT2D eigenvalue weighted by molar-refractivity contribution is 0.0985. The molecule has 0 atom stereocenters. The highest BCUT2D eigenvalue weighted by Crippen LogP contribution is 2.24. The summed E-state index contributed by atoms with van der Waals surface area (Å²) in [5.74, 6) is -2.71. The Balaban J connectivity index is 1.55. The first-order valence-corrected chi connectivity index (χ1v) is 13.2. The topological polar surface area (TPSA) is 105 Å². The highest BCUT2D eigenvalue weighted by Gasteiger charge is 2.23. The van der Waals surface area contributed by atoms with Crippen LogP contribution in [0, 0.1) is 11.6 Å². The fraction of sp³-hybridized carbons (Fsp3) is 0.208. The summed E-state index contributed by atoms with van der Waals surface area (Å²) in [4.78, 5) is 24.7. The summed E-state index contributed by atoms with van der Waals surface area (Å²) in [5.41, 5.74) is 1.24. The molecule has 0 radical (unpaired) electrons. The van der Waals surface area contributed by atoms with E-state index < -0.39 is 38.7 Å². The summed E-state index contributed by atoms with van der Waals surface area (Å²) in [7, 11) is -3.82. The lowest BCUT2D eigenvalue weighted by Crippen LogP contribution is -2.19. The van der Waals surface area contributed by atoms with Crippen LogP contribution >= 0.6 is 15.9 Å². The number of halogens is 3. The molecule has 0 spiro atoms. The Labute approximate surface area is 209 Å². The Bertz CT molecular complexity index is 1510. The summed E-state index contributed by atoms with van der Waals surface area (Å²) in [6.07, 6.45) is 1.96. The molecule has 2 heterocycles. The van der Waals surface area contributed by atoms with Gasteiger partial charge in [-0.05, 0) is 47.9 Å². The van der Waals surface area contributed by atoms with E-state index in [9.17, 15) is 22.0 Å². The molecule has 4 rings (SSSR count). The van der Waals surface area contributed by atoms with E-state index in [2.05, 4.69) is 35.6 Å². The van der Waals surface area contributed by atoms with Gasteiger partial charge >= 0.3 is 0 Å². The number of Topliss-reactive ketones (excluding diaryl/α,β-unsaturated/α-hetero) is 1. The average molecular weight is 563 g/mol. The lowest BCUT2D eigenvalue weighted by Gasteiger charge is -2.11. The maximum Gasteiger partial charge on any atom is 0.232 e. The molecule has 11 heteroatoms. The number of benzene rings is 2. The van der Waals surface area contributed by atoms with Gasteiger partial charge in [-0.25, -0.2) is 27.2 Å². The van der Waals surface area contributed by atoms with Crippen LogP contribution in [0.4, 0.5) is 14.5 Å². The number of aromatic nitrogens is 3. The van der Waals surface area contributed by atoms with E-state index in [4.69, 9.17) is 0 Å². The zero-order chi connectivity index (χ0) is 25.2. The van der Waals surface area contributed by atoms with Gasteiger partial charge in [-0.2, -0.15) is 0 Å². The number of rotatable bonds is 9. The van der Waals surface area contributed by atoms with Crippen LogP contribution in [0.3, 0.4) is 0 Å². The van der Waals surface area contributed by atoms with Crippen molar-refractivity contribution in [1.29, 1.82) is 0 Å². The number of anilines is 1. The van der Waals surface area contributed by atoms with Gasteiger partial charge in [0.25, 0.3) is 0 Å². The van der Waals surface area contributed by atoms with E-state index in [1.165, 1.54) is 6.20 Å². The lowest BCUT2D eigenvalue weighted by atomic mass is 10.0. The minimum atomic E-state index is -3.82. The van der Waals surface area contributed by atoms with Gasteiger partial charge in [0.05, 0.1) is 22.5 Å². The fourth-order valence-electron chi connectivity index (χ4n) is 3.62. The van der Waals surface area contributed by atoms with Gasteiger partial charge in [-0.1, -0.05) is 35.0 Å². The molecule has 4 aromatic rings. The van der Waals surface area contributed by atoms with E-state index >= 15 is 0 Å². The number of ketones is 1. The van der Waals surface area contributed by atoms with Crippen LogP contribution in [0.2, 0.25) is 0 Å². The third-order valence-electron chi connectivity index (χ3n) is 5.20. The van der Waals surface area contributed by atoms with Crippen molar-refractivity contribution in [3.63, 3.8) is 0 Å². The number of imidazole rings is 1. The van der Waals surface area contributed by atoms with E-state index in [1.807, 2.05) is 24.3 Å². The minimum Gasteiger partial charge on any atom is -0.340 e. The molecule has 2 aromatic carbocycles. The molecular formula is C24H21BrF2N4O3S. The van der Waals surface area contributed by atoms with Crippen molar-refractivity contribution in [2.45, 2.75) is 26.2 Å². The van der Waals surface area contributed by atoms with Crippen molar-refractivity contribution in [3.8, 4) is 0 Å². The van der Waals surface area contributed by atoms with Gasteiger partial charge in [0.1, 0.15) is 11.6 Å². The van der Waals surface area contributed by atoms with Crippen molar-refractivity contribution < 1.29 is 22.0 Å².